The fourth-order valence-electron chi connectivity index (χ4n) is 2.55. The summed E-state index contributed by atoms with van der Waals surface area (Å²) in [6.45, 7) is 9.14. The monoisotopic (exact) mass is 375 g/mol. The minimum Gasteiger partial charge on any atom is -0.379 e. The highest BCUT2D eigenvalue weighted by Gasteiger charge is 2.02. The summed E-state index contributed by atoms with van der Waals surface area (Å²) in [5.41, 5.74) is 2.04. The van der Waals surface area contributed by atoms with Crippen LogP contribution in [0.25, 0.3) is 5.65 Å². The first-order valence-electron chi connectivity index (χ1n) is 9.93. The van der Waals surface area contributed by atoms with E-state index >= 15 is 0 Å². The molecule has 0 amide bonds. The van der Waals surface area contributed by atoms with Crippen LogP contribution in [0.1, 0.15) is 32.4 Å². The van der Waals surface area contributed by atoms with Gasteiger partial charge in [-0.2, -0.15) is 0 Å². The summed E-state index contributed by atoms with van der Waals surface area (Å²) in [4.78, 5) is 9.15. The van der Waals surface area contributed by atoms with E-state index in [1.807, 2.05) is 28.8 Å². The highest BCUT2D eigenvalue weighted by atomic mass is 16.5. The van der Waals surface area contributed by atoms with Crippen molar-refractivity contribution in [2.24, 2.45) is 4.99 Å². The summed E-state index contributed by atoms with van der Waals surface area (Å²) < 4.78 is 13.1. The second-order valence-electron chi connectivity index (χ2n) is 6.21. The number of aliphatic imine (C=N–C) groups is 1. The molecule has 0 aliphatic heterocycles. The molecule has 27 heavy (non-hydrogen) atoms. The van der Waals surface area contributed by atoms with Crippen molar-refractivity contribution in [2.45, 2.75) is 33.1 Å². The van der Waals surface area contributed by atoms with Gasteiger partial charge in [0.2, 0.25) is 0 Å². The molecule has 0 aliphatic rings. The van der Waals surface area contributed by atoms with Crippen molar-refractivity contribution < 1.29 is 9.47 Å². The highest BCUT2D eigenvalue weighted by molar-refractivity contribution is 5.79. The Hall–Kier alpha value is -2.12. The average Bonchev–Trinajstić information content (AvgIpc) is 3.09. The molecule has 7 heteroatoms. The predicted octanol–water partition coefficient (Wildman–Crippen LogP) is 2.27. The number of nitrogens with zero attached hydrogens (tertiary/aromatic N) is 3. The van der Waals surface area contributed by atoms with Crippen LogP contribution in [-0.2, 0) is 15.9 Å². The van der Waals surface area contributed by atoms with Crippen LogP contribution in [0, 0.1) is 0 Å². The molecular weight excluding hydrogens is 342 g/mol. The molecule has 7 nitrogen and oxygen atoms in total. The first-order valence-corrected chi connectivity index (χ1v) is 9.93. The van der Waals surface area contributed by atoms with E-state index in [1.54, 1.807) is 0 Å². The molecule has 0 spiro atoms. The van der Waals surface area contributed by atoms with Gasteiger partial charge in [-0.3, -0.25) is 4.99 Å². The van der Waals surface area contributed by atoms with Crippen LogP contribution in [0.15, 0.2) is 35.6 Å². The molecule has 0 fully saturated rings. The first-order chi connectivity index (χ1) is 13.3. The summed E-state index contributed by atoms with van der Waals surface area (Å²) in [5.74, 6) is 0.809. The van der Waals surface area contributed by atoms with Gasteiger partial charge >= 0.3 is 0 Å². The smallest absolute Gasteiger partial charge is 0.191 e. The van der Waals surface area contributed by atoms with Crippen LogP contribution in [0.4, 0.5) is 0 Å². The van der Waals surface area contributed by atoms with Gasteiger partial charge in [-0.05, 0) is 25.5 Å². The number of imidazole rings is 1. The molecule has 150 valence electrons. The maximum Gasteiger partial charge on any atom is 0.191 e. The van der Waals surface area contributed by atoms with E-state index in [0.29, 0.717) is 26.4 Å². The molecule has 2 heterocycles. The number of pyridine rings is 1. The van der Waals surface area contributed by atoms with Crippen LogP contribution >= 0.6 is 0 Å². The third-order valence-electron chi connectivity index (χ3n) is 3.95. The molecule has 2 aromatic rings. The molecule has 0 unspecified atom stereocenters. The number of unbranched alkanes of at least 4 members (excludes halogenated alkanes) is 1. The predicted molar refractivity (Wildman–Crippen MR) is 109 cm³/mol. The largest absolute Gasteiger partial charge is 0.379 e. The van der Waals surface area contributed by atoms with Gasteiger partial charge in [-0.25, -0.2) is 4.98 Å². The van der Waals surface area contributed by atoms with Crippen molar-refractivity contribution in [1.29, 1.82) is 0 Å². The molecule has 0 radical (unpaired) electrons. The molecule has 2 rings (SSSR count). The van der Waals surface area contributed by atoms with Crippen molar-refractivity contribution >= 4 is 11.6 Å². The lowest BCUT2D eigenvalue weighted by Crippen LogP contribution is -2.38. The maximum atomic E-state index is 5.55. The average molecular weight is 376 g/mol. The first kappa shape index (κ1) is 21.2. The summed E-state index contributed by atoms with van der Waals surface area (Å²) in [7, 11) is 0. The number of hydrogen-bond acceptors (Lipinski definition) is 4. The summed E-state index contributed by atoms with van der Waals surface area (Å²) >= 11 is 0. The van der Waals surface area contributed by atoms with Gasteiger partial charge in [0.25, 0.3) is 0 Å². The Morgan fingerprint density at radius 2 is 1.96 bits per heavy atom. The van der Waals surface area contributed by atoms with Crippen molar-refractivity contribution in [1.82, 2.24) is 20.0 Å². The minimum atomic E-state index is 0.597. The Bertz CT molecular complexity index is 638. The Morgan fingerprint density at radius 3 is 2.74 bits per heavy atom. The van der Waals surface area contributed by atoms with E-state index in [2.05, 4.69) is 40.7 Å². The molecule has 0 atom stereocenters. The van der Waals surface area contributed by atoms with Gasteiger partial charge in [-0.1, -0.05) is 19.4 Å². The van der Waals surface area contributed by atoms with E-state index < -0.39 is 0 Å². The normalized spacial score (nSPS) is 11.9. The maximum absolute atomic E-state index is 5.55. The van der Waals surface area contributed by atoms with E-state index in [-0.39, 0.29) is 0 Å². The van der Waals surface area contributed by atoms with Crippen molar-refractivity contribution in [3.8, 4) is 0 Å². The standard InChI is InChI=1S/C20H33N5O2/c1-3-5-13-26-15-16-27-14-11-23-20(21-4-2)22-10-9-18-17-25-12-7-6-8-19(25)24-18/h6-8,12,17H,3-5,9-11,13-16H2,1-2H3,(H2,21,22,23). The zero-order chi connectivity index (χ0) is 19.2. The molecule has 0 aliphatic carbocycles. The molecule has 0 saturated carbocycles. The number of aromatic nitrogens is 2. The van der Waals surface area contributed by atoms with Crippen LogP contribution < -0.4 is 10.6 Å². The lowest BCUT2D eigenvalue weighted by atomic mass is 10.3. The number of nitrogens with one attached hydrogen (secondary N) is 2. The number of ether oxygens (including phenoxy) is 2. The fourth-order valence-corrected chi connectivity index (χ4v) is 2.55. The Morgan fingerprint density at radius 1 is 1.11 bits per heavy atom. The number of rotatable bonds is 13. The van der Waals surface area contributed by atoms with Crippen LogP contribution in [-0.4, -0.2) is 61.4 Å². The van der Waals surface area contributed by atoms with E-state index in [1.165, 1.54) is 0 Å². The molecule has 2 N–H and O–H groups in total. The molecule has 0 bridgehead atoms. The highest BCUT2D eigenvalue weighted by Crippen LogP contribution is 2.04. The van der Waals surface area contributed by atoms with Crippen LogP contribution in [0.3, 0.4) is 0 Å². The second-order valence-corrected chi connectivity index (χ2v) is 6.21. The molecular formula is C20H33N5O2. The SMILES string of the molecule is CCCCOCCOCCN=C(NCC)NCCc1cn2ccccc2n1. The number of hydrogen-bond donors (Lipinski definition) is 2. The Kier molecular flexibility index (Phi) is 10.3. The zero-order valence-electron chi connectivity index (χ0n) is 16.6. The number of fused-ring (bicyclic) bond motifs is 1. The third-order valence-corrected chi connectivity index (χ3v) is 3.95. The van der Waals surface area contributed by atoms with E-state index in [0.717, 1.165) is 56.3 Å². The van der Waals surface area contributed by atoms with Gasteiger partial charge in [0.1, 0.15) is 5.65 Å². The van der Waals surface area contributed by atoms with Crippen molar-refractivity contribution in [3.05, 3.63) is 36.3 Å². The van der Waals surface area contributed by atoms with E-state index in [4.69, 9.17) is 9.47 Å². The van der Waals surface area contributed by atoms with Gasteiger partial charge < -0.3 is 24.5 Å². The summed E-state index contributed by atoms with van der Waals surface area (Å²) in [6.07, 6.45) is 7.19. The lowest BCUT2D eigenvalue weighted by Gasteiger charge is -2.10. The summed E-state index contributed by atoms with van der Waals surface area (Å²) in [6, 6.07) is 6.02. The second kappa shape index (κ2) is 13.1. The lowest BCUT2D eigenvalue weighted by molar-refractivity contribution is 0.0497. The molecule has 0 aromatic carbocycles. The van der Waals surface area contributed by atoms with Gasteiger partial charge in [0.05, 0.1) is 32.1 Å². The molecule has 0 saturated heterocycles. The van der Waals surface area contributed by atoms with E-state index in [9.17, 15) is 0 Å². The van der Waals surface area contributed by atoms with Gasteiger partial charge in [-0.15, -0.1) is 0 Å². The topological polar surface area (TPSA) is 72.2 Å². The molecule has 2 aromatic heterocycles. The Labute approximate surface area is 162 Å². The van der Waals surface area contributed by atoms with Gasteiger partial charge in [0.15, 0.2) is 5.96 Å². The van der Waals surface area contributed by atoms with Crippen molar-refractivity contribution in [3.63, 3.8) is 0 Å². The summed E-state index contributed by atoms with van der Waals surface area (Å²) in [5, 5.41) is 6.60. The van der Waals surface area contributed by atoms with Crippen LogP contribution in [0.2, 0.25) is 0 Å². The van der Waals surface area contributed by atoms with Crippen LogP contribution in [0.5, 0.6) is 0 Å². The van der Waals surface area contributed by atoms with Crippen molar-refractivity contribution in [2.75, 3.05) is 46.1 Å². The zero-order valence-corrected chi connectivity index (χ0v) is 16.6. The third kappa shape index (κ3) is 8.41. The fraction of sp³-hybridized carbons (Fsp3) is 0.600. The van der Waals surface area contributed by atoms with Gasteiger partial charge in [0, 0.05) is 38.5 Å². The number of guanidine groups is 1. The quantitative estimate of drug-likeness (QED) is 0.319. The minimum absolute atomic E-state index is 0.597. The Balaban J connectivity index is 1.62.